The van der Waals surface area contributed by atoms with Crippen LogP contribution in [0.25, 0.3) is 0 Å². The van der Waals surface area contributed by atoms with Gasteiger partial charge in [-0.15, -0.1) is 12.4 Å². The Labute approximate surface area is 158 Å². The monoisotopic (exact) mass is 389 g/mol. The van der Waals surface area contributed by atoms with Crippen molar-refractivity contribution in [3.8, 4) is 5.75 Å². The van der Waals surface area contributed by atoms with E-state index in [-0.39, 0.29) is 43.7 Å². The van der Waals surface area contributed by atoms with Crippen LogP contribution in [0.2, 0.25) is 6.32 Å². The molecule has 0 spiro atoms. The molecule has 0 amide bonds. The number of hydrogen-bond acceptors (Lipinski definition) is 6. The number of rotatable bonds is 12. The molecule has 6 N–H and O–H groups in total. The average Bonchev–Trinajstić information content (AvgIpc) is 2.55. The Balaban J connectivity index is 0.00000625. The second kappa shape index (κ2) is 11.7. The number of carbonyl (C=O) groups is 2. The van der Waals surface area contributed by atoms with Crippen LogP contribution in [0, 0.1) is 0 Å². The van der Waals surface area contributed by atoms with Crippen molar-refractivity contribution in [2.24, 2.45) is 5.73 Å². The lowest BCUT2D eigenvalue weighted by atomic mass is 9.81. The maximum atomic E-state index is 11.4. The Morgan fingerprint density at radius 2 is 1.62 bits per heavy atom. The van der Waals surface area contributed by atoms with E-state index < -0.39 is 24.6 Å². The Bertz CT molecular complexity index is 570. The predicted molar refractivity (Wildman–Crippen MR) is 98.8 cm³/mol. The molecule has 0 saturated heterocycles. The largest absolute Gasteiger partial charge is 0.494 e. The summed E-state index contributed by atoms with van der Waals surface area (Å²) < 4.78 is 5.47. The van der Waals surface area contributed by atoms with Gasteiger partial charge in [-0.25, -0.2) is 4.79 Å². The van der Waals surface area contributed by atoms with Gasteiger partial charge in [-0.2, -0.15) is 0 Å². The number of aromatic carboxylic acids is 1. The molecule has 0 saturated carbocycles. The van der Waals surface area contributed by atoms with Gasteiger partial charge >= 0.3 is 19.1 Å². The van der Waals surface area contributed by atoms with E-state index in [1.807, 2.05) is 0 Å². The summed E-state index contributed by atoms with van der Waals surface area (Å²) in [6.45, 7) is 0.258. The molecule has 0 heterocycles. The zero-order valence-corrected chi connectivity index (χ0v) is 15.2. The number of halogens is 1. The predicted octanol–water partition coefficient (Wildman–Crippen LogP) is 1.39. The molecule has 26 heavy (non-hydrogen) atoms. The summed E-state index contributed by atoms with van der Waals surface area (Å²) in [5, 5.41) is 35.7. The van der Waals surface area contributed by atoms with Gasteiger partial charge in [0, 0.05) is 0 Å². The molecule has 0 fully saturated rings. The zero-order chi connectivity index (χ0) is 18.9. The molecule has 1 rings (SSSR count). The molecular weight excluding hydrogens is 364 g/mol. The molecule has 1 aromatic carbocycles. The van der Waals surface area contributed by atoms with Gasteiger partial charge in [-0.05, 0) is 49.8 Å². The number of benzene rings is 1. The number of nitrogens with two attached hydrogens (primary N) is 1. The maximum Gasteiger partial charge on any atom is 0.451 e. The molecule has 0 aliphatic heterocycles. The van der Waals surface area contributed by atoms with Crippen molar-refractivity contribution in [3.05, 3.63) is 29.8 Å². The number of ether oxygens (including phenoxy) is 1. The normalized spacial score (nSPS) is 12.6. The molecule has 1 atom stereocenters. The Morgan fingerprint density at radius 3 is 2.12 bits per heavy atom. The fraction of sp³-hybridized carbons (Fsp3) is 0.500. The molecule has 0 aromatic heterocycles. The van der Waals surface area contributed by atoms with Crippen LogP contribution in [-0.4, -0.2) is 51.5 Å². The van der Waals surface area contributed by atoms with Gasteiger partial charge in [0.1, 0.15) is 11.3 Å². The van der Waals surface area contributed by atoms with Crippen LogP contribution in [0.3, 0.4) is 0 Å². The minimum absolute atomic E-state index is 0. The van der Waals surface area contributed by atoms with Crippen LogP contribution in [0.1, 0.15) is 42.5 Å². The first-order valence-corrected chi connectivity index (χ1v) is 8.09. The van der Waals surface area contributed by atoms with Crippen LogP contribution in [0.15, 0.2) is 24.3 Å². The summed E-state index contributed by atoms with van der Waals surface area (Å²) in [7, 11) is -1.39. The summed E-state index contributed by atoms with van der Waals surface area (Å²) in [4.78, 5) is 22.1. The molecule has 8 nitrogen and oxygen atoms in total. The summed E-state index contributed by atoms with van der Waals surface area (Å²) in [6, 6.07) is 5.93. The third-order valence-corrected chi connectivity index (χ3v) is 3.90. The van der Waals surface area contributed by atoms with Gasteiger partial charge in [0.05, 0.1) is 12.2 Å². The molecule has 0 aliphatic carbocycles. The van der Waals surface area contributed by atoms with Crippen molar-refractivity contribution in [2.75, 3.05) is 6.61 Å². The van der Waals surface area contributed by atoms with Crippen molar-refractivity contribution in [1.29, 1.82) is 0 Å². The lowest BCUT2D eigenvalue weighted by molar-refractivity contribution is -0.144. The number of carboxylic acids is 2. The standard InChI is InChI=1S/C16H24BNO7.ClH/c18-16(15(21)22,8-1-2-10-17(23)24)9-3-11-25-13-6-4-12(5-7-13)14(19)20;/h4-7,23-24H,1-3,8-11,18H2,(H,19,20)(H,21,22);1H. The Morgan fingerprint density at radius 1 is 1.04 bits per heavy atom. The number of aliphatic carboxylic acids is 1. The third kappa shape index (κ3) is 8.53. The minimum atomic E-state index is -1.39. The van der Waals surface area contributed by atoms with Crippen molar-refractivity contribution in [1.82, 2.24) is 0 Å². The quantitative estimate of drug-likeness (QED) is 0.266. The van der Waals surface area contributed by atoms with Gasteiger partial charge in [0.2, 0.25) is 0 Å². The summed E-state index contributed by atoms with van der Waals surface area (Å²) in [6.07, 6.45) is 2.03. The fourth-order valence-electron chi connectivity index (χ4n) is 2.38. The second-order valence-corrected chi connectivity index (χ2v) is 5.97. The lowest BCUT2D eigenvalue weighted by Crippen LogP contribution is -2.48. The van der Waals surface area contributed by atoms with Gasteiger partial charge in [-0.3, -0.25) is 4.79 Å². The van der Waals surface area contributed by atoms with Crippen LogP contribution >= 0.6 is 12.4 Å². The first-order chi connectivity index (χ1) is 11.7. The highest BCUT2D eigenvalue weighted by molar-refractivity contribution is 6.40. The van der Waals surface area contributed by atoms with E-state index in [0.29, 0.717) is 25.0 Å². The molecule has 0 bridgehead atoms. The summed E-state index contributed by atoms with van der Waals surface area (Å²) >= 11 is 0. The van der Waals surface area contributed by atoms with E-state index in [1.165, 1.54) is 24.3 Å². The summed E-state index contributed by atoms with van der Waals surface area (Å²) in [5.74, 6) is -1.61. The minimum Gasteiger partial charge on any atom is -0.494 e. The van der Waals surface area contributed by atoms with Gasteiger partial charge in [0.25, 0.3) is 0 Å². The van der Waals surface area contributed by atoms with E-state index in [2.05, 4.69) is 0 Å². The van der Waals surface area contributed by atoms with Gasteiger partial charge in [-0.1, -0.05) is 12.8 Å². The highest BCUT2D eigenvalue weighted by Gasteiger charge is 2.32. The van der Waals surface area contributed by atoms with E-state index in [9.17, 15) is 14.7 Å². The molecule has 10 heteroatoms. The van der Waals surface area contributed by atoms with Crippen molar-refractivity contribution in [3.63, 3.8) is 0 Å². The highest BCUT2D eigenvalue weighted by atomic mass is 35.5. The van der Waals surface area contributed by atoms with Crippen molar-refractivity contribution >= 4 is 31.5 Å². The van der Waals surface area contributed by atoms with Crippen LogP contribution in [-0.2, 0) is 4.79 Å². The zero-order valence-electron chi connectivity index (χ0n) is 14.3. The lowest BCUT2D eigenvalue weighted by Gasteiger charge is -2.24. The molecule has 1 aromatic rings. The smallest absolute Gasteiger partial charge is 0.451 e. The Hall–Kier alpha value is -1.81. The van der Waals surface area contributed by atoms with Crippen LogP contribution in [0.5, 0.6) is 5.75 Å². The van der Waals surface area contributed by atoms with E-state index in [1.54, 1.807) is 0 Å². The molecule has 1 unspecified atom stereocenters. The van der Waals surface area contributed by atoms with Crippen molar-refractivity contribution in [2.45, 2.75) is 44.0 Å². The van der Waals surface area contributed by atoms with Crippen LogP contribution < -0.4 is 10.5 Å². The van der Waals surface area contributed by atoms with Crippen LogP contribution in [0.4, 0.5) is 0 Å². The number of carboxylic acid groups (broad SMARTS) is 2. The van der Waals surface area contributed by atoms with Gasteiger partial charge < -0.3 is 30.7 Å². The summed E-state index contributed by atoms with van der Waals surface area (Å²) in [5.41, 5.74) is 4.73. The molecular formula is C16H25BClNO7. The first-order valence-electron chi connectivity index (χ1n) is 8.09. The van der Waals surface area contributed by atoms with Crippen molar-refractivity contribution < 1.29 is 34.6 Å². The SMILES string of the molecule is Cl.NC(CCCCB(O)O)(CCCOc1ccc(C(=O)O)cc1)C(=O)O. The van der Waals surface area contributed by atoms with E-state index >= 15 is 0 Å². The second-order valence-electron chi connectivity index (χ2n) is 5.97. The van der Waals surface area contributed by atoms with Gasteiger partial charge in [0.15, 0.2) is 0 Å². The number of hydrogen-bond donors (Lipinski definition) is 5. The topological polar surface area (TPSA) is 150 Å². The fourth-order valence-corrected chi connectivity index (χ4v) is 2.38. The Kier molecular flexibility index (Phi) is 10.9. The van der Waals surface area contributed by atoms with E-state index in [0.717, 1.165) is 0 Å². The first kappa shape index (κ1) is 24.2. The molecule has 0 radical (unpaired) electrons. The molecule has 146 valence electrons. The van der Waals surface area contributed by atoms with E-state index in [4.69, 9.17) is 25.6 Å². The third-order valence-electron chi connectivity index (χ3n) is 3.90. The average molecular weight is 390 g/mol. The number of unbranched alkanes of at least 4 members (excludes halogenated alkanes) is 1. The molecule has 0 aliphatic rings. The maximum absolute atomic E-state index is 11.4. The highest BCUT2D eigenvalue weighted by Crippen LogP contribution is 2.20.